The summed E-state index contributed by atoms with van der Waals surface area (Å²) < 4.78 is 41.3. The van der Waals surface area contributed by atoms with Gasteiger partial charge in [-0.25, -0.2) is 14.4 Å². The SMILES string of the molecule is CCC(=O)O[C@H]1C(=O)[C@@]2(C)C([C@H](OC(=O)c3cccc(OC)c3)[C@]3(O)C[C@H](OC(=O)[C@H](O)[C@@H](NC(=O)OC(C)(C)C)[C@H]4CC4(C)C)C(C)=C1C3(C)C)[C@]1(OC(C)=O)CO[C@@H]1C[C@@H]2O. The molecule has 6 rings (SSSR count). The van der Waals surface area contributed by atoms with Gasteiger partial charge in [0.1, 0.15) is 35.3 Å². The van der Waals surface area contributed by atoms with Crippen LogP contribution in [0.4, 0.5) is 4.79 Å². The molecular weight excluding hydrogens is 822 g/mol. The van der Waals surface area contributed by atoms with Crippen LogP contribution in [-0.2, 0) is 47.6 Å². The number of methoxy groups -OCH3 is 1. The lowest BCUT2D eigenvalue weighted by atomic mass is 9.44. The Morgan fingerprint density at radius 3 is 2.21 bits per heavy atom. The van der Waals surface area contributed by atoms with Gasteiger partial charge in [0.2, 0.25) is 0 Å². The molecular formula is C46H63NO16. The van der Waals surface area contributed by atoms with Crippen molar-refractivity contribution in [2.24, 2.45) is 28.1 Å². The third-order valence-corrected chi connectivity index (χ3v) is 14.3. The summed E-state index contributed by atoms with van der Waals surface area (Å²) in [6.45, 7) is 17.3. The first-order valence-corrected chi connectivity index (χ1v) is 21.5. The monoisotopic (exact) mass is 885 g/mol. The third-order valence-electron chi connectivity index (χ3n) is 14.3. The van der Waals surface area contributed by atoms with Crippen molar-refractivity contribution < 1.29 is 77.2 Å². The van der Waals surface area contributed by atoms with Crippen molar-refractivity contribution in [2.75, 3.05) is 13.7 Å². The van der Waals surface area contributed by atoms with Gasteiger partial charge in [-0.2, -0.15) is 0 Å². The molecule has 4 fully saturated rings. The summed E-state index contributed by atoms with van der Waals surface area (Å²) in [6, 6.07) is 4.84. The Bertz CT molecular complexity index is 2070. The first kappa shape index (κ1) is 47.9. The van der Waals surface area contributed by atoms with E-state index in [1.54, 1.807) is 46.8 Å². The number of fused-ring (bicyclic) bond motifs is 5. The first-order valence-electron chi connectivity index (χ1n) is 21.5. The predicted molar refractivity (Wildman–Crippen MR) is 221 cm³/mol. The molecule has 5 aliphatic rings. The van der Waals surface area contributed by atoms with Gasteiger partial charge in [0.05, 0.1) is 42.8 Å². The number of hydrogen-bond donors (Lipinski definition) is 4. The fraction of sp³-hybridized carbons (Fsp3) is 0.696. The number of alkyl carbamates (subject to hydrolysis) is 1. The van der Waals surface area contributed by atoms with E-state index in [2.05, 4.69) is 5.32 Å². The lowest BCUT2D eigenvalue weighted by Crippen LogP contribution is -2.82. The molecule has 0 spiro atoms. The third kappa shape index (κ3) is 8.23. The molecule has 0 aromatic heterocycles. The van der Waals surface area contributed by atoms with Gasteiger partial charge < -0.3 is 53.8 Å². The van der Waals surface area contributed by atoms with E-state index in [-0.39, 0.29) is 47.5 Å². The molecule has 3 saturated carbocycles. The molecule has 1 aromatic rings. The summed E-state index contributed by atoms with van der Waals surface area (Å²) >= 11 is 0. The van der Waals surface area contributed by atoms with E-state index in [1.807, 2.05) is 13.8 Å². The second-order valence-electron chi connectivity index (χ2n) is 20.2. The minimum atomic E-state index is -2.41. The van der Waals surface area contributed by atoms with Crippen molar-refractivity contribution in [3.05, 3.63) is 41.0 Å². The zero-order chi connectivity index (χ0) is 47.0. The van der Waals surface area contributed by atoms with Crippen LogP contribution in [0.2, 0.25) is 0 Å². The lowest BCUT2D eigenvalue weighted by Gasteiger charge is -2.67. The second-order valence-corrected chi connectivity index (χ2v) is 20.2. The highest BCUT2D eigenvalue weighted by molar-refractivity contribution is 5.96. The number of benzene rings is 1. The lowest BCUT2D eigenvalue weighted by molar-refractivity contribution is -0.346. The number of aliphatic hydroxyl groups is 3. The molecule has 0 radical (unpaired) electrons. The van der Waals surface area contributed by atoms with E-state index in [0.717, 1.165) is 6.92 Å². The number of esters is 4. The van der Waals surface area contributed by atoms with Crippen molar-refractivity contribution in [1.29, 1.82) is 0 Å². The average molecular weight is 886 g/mol. The Morgan fingerprint density at radius 2 is 1.67 bits per heavy atom. The van der Waals surface area contributed by atoms with Gasteiger partial charge in [0.15, 0.2) is 23.6 Å². The number of Topliss-reactive ketones (excluding diaryl/α,β-unsaturated/α-hetero) is 1. The summed E-state index contributed by atoms with van der Waals surface area (Å²) in [5.41, 5.74) is -9.04. The molecule has 1 aliphatic heterocycles. The number of carbonyl (C=O) groups excluding carboxylic acids is 6. The highest BCUT2D eigenvalue weighted by Crippen LogP contribution is 2.64. The number of rotatable bonds is 11. The Labute approximate surface area is 367 Å². The van der Waals surface area contributed by atoms with Crippen LogP contribution in [0.1, 0.15) is 112 Å². The largest absolute Gasteiger partial charge is 0.497 e. The van der Waals surface area contributed by atoms with Crippen molar-refractivity contribution in [2.45, 2.75) is 161 Å². The van der Waals surface area contributed by atoms with E-state index in [1.165, 1.54) is 40.0 Å². The molecule has 348 valence electrons. The van der Waals surface area contributed by atoms with Crippen LogP contribution in [-0.4, -0.2) is 124 Å². The molecule has 1 unspecified atom stereocenters. The predicted octanol–water partition coefficient (Wildman–Crippen LogP) is 3.90. The van der Waals surface area contributed by atoms with Crippen molar-refractivity contribution >= 4 is 35.8 Å². The zero-order valence-corrected chi connectivity index (χ0v) is 38.2. The quantitative estimate of drug-likeness (QED) is 0.140. The summed E-state index contributed by atoms with van der Waals surface area (Å²) in [4.78, 5) is 83.8. The van der Waals surface area contributed by atoms with Crippen LogP contribution in [0.5, 0.6) is 5.75 Å². The highest BCUT2D eigenvalue weighted by atomic mass is 16.6. The van der Waals surface area contributed by atoms with Crippen LogP contribution < -0.4 is 10.1 Å². The number of aliphatic hydroxyl groups excluding tert-OH is 2. The number of amides is 1. The van der Waals surface area contributed by atoms with Gasteiger partial charge in [0.25, 0.3) is 0 Å². The second kappa shape index (κ2) is 16.4. The van der Waals surface area contributed by atoms with Gasteiger partial charge >= 0.3 is 30.0 Å². The molecule has 17 nitrogen and oxygen atoms in total. The maximum atomic E-state index is 15.6. The molecule has 1 aromatic carbocycles. The summed E-state index contributed by atoms with van der Waals surface area (Å²) in [7, 11) is 1.41. The van der Waals surface area contributed by atoms with Crippen molar-refractivity contribution in [1.82, 2.24) is 5.32 Å². The first-order chi connectivity index (χ1) is 29.1. The van der Waals surface area contributed by atoms with Gasteiger partial charge in [0, 0.05) is 31.6 Å². The summed E-state index contributed by atoms with van der Waals surface area (Å²) in [5, 5.41) is 40.3. The number of carbonyl (C=O) groups is 6. The summed E-state index contributed by atoms with van der Waals surface area (Å²) in [6.07, 6.45) is -11.0. The van der Waals surface area contributed by atoms with Gasteiger partial charge in [-0.1, -0.05) is 40.7 Å². The van der Waals surface area contributed by atoms with Crippen LogP contribution in [0.25, 0.3) is 0 Å². The Morgan fingerprint density at radius 1 is 1.02 bits per heavy atom. The molecule has 1 amide bonds. The topological polar surface area (TPSA) is 240 Å². The number of hydrogen-bond acceptors (Lipinski definition) is 16. The van der Waals surface area contributed by atoms with E-state index in [9.17, 15) is 39.3 Å². The van der Waals surface area contributed by atoms with Crippen molar-refractivity contribution in [3.63, 3.8) is 0 Å². The summed E-state index contributed by atoms with van der Waals surface area (Å²) in [5.74, 6) is -6.27. The highest BCUT2D eigenvalue weighted by Gasteiger charge is 2.78. The Hall–Kier alpha value is -4.58. The Balaban J connectivity index is 1.55. The Kier molecular flexibility index (Phi) is 12.5. The zero-order valence-electron chi connectivity index (χ0n) is 38.2. The molecule has 12 atom stereocenters. The fourth-order valence-corrected chi connectivity index (χ4v) is 10.6. The molecule has 1 saturated heterocycles. The van der Waals surface area contributed by atoms with E-state index < -0.39 is 118 Å². The molecule has 4 aliphatic carbocycles. The van der Waals surface area contributed by atoms with E-state index in [4.69, 9.17) is 33.2 Å². The van der Waals surface area contributed by atoms with Crippen LogP contribution in [0.15, 0.2) is 35.4 Å². The van der Waals surface area contributed by atoms with Crippen LogP contribution in [0.3, 0.4) is 0 Å². The van der Waals surface area contributed by atoms with Crippen molar-refractivity contribution in [3.8, 4) is 5.75 Å². The van der Waals surface area contributed by atoms with Crippen LogP contribution >= 0.6 is 0 Å². The molecule has 63 heavy (non-hydrogen) atoms. The molecule has 1 heterocycles. The smallest absolute Gasteiger partial charge is 0.407 e. The fourth-order valence-electron chi connectivity index (χ4n) is 10.6. The van der Waals surface area contributed by atoms with E-state index in [0.29, 0.717) is 12.2 Å². The minimum absolute atomic E-state index is 0.00456. The van der Waals surface area contributed by atoms with Gasteiger partial charge in [-0.3, -0.25) is 14.4 Å². The van der Waals surface area contributed by atoms with Gasteiger partial charge in [-0.05, 0) is 81.7 Å². The molecule has 2 bridgehead atoms. The maximum absolute atomic E-state index is 15.6. The minimum Gasteiger partial charge on any atom is -0.497 e. The van der Waals surface area contributed by atoms with Crippen LogP contribution in [0, 0.1) is 28.1 Å². The van der Waals surface area contributed by atoms with Gasteiger partial charge in [-0.15, -0.1) is 0 Å². The van der Waals surface area contributed by atoms with E-state index >= 15 is 4.79 Å². The average Bonchev–Trinajstić information content (AvgIpc) is 3.83. The number of ether oxygens (including phenoxy) is 7. The standard InChI is InChI=1S/C46H63NO16/c1-13-30(50)60-34-31-22(2)27(59-39(54)33(51)32(26-19-42(26,7)8)47-40(55)63-41(4,5)6)20-46(56,43(31,9)10)37(61-38(53)24-15-14-16-25(17-24)57-12)35-44(11,36(34)52)28(49)18-29-45(35,21-58-29)62-23(3)48/h14-17,26-29,32-35,37,49,51,56H,13,18-21H2,1-12H3,(H,47,55)/t26-,27+,28+,29-,32+,33-,34-,35?,37+,44-,45+,46-/m1/s1. The number of nitrogens with one attached hydrogen (secondary N) is 1. The molecule has 17 heteroatoms. The molecule has 4 N–H and O–H groups in total. The maximum Gasteiger partial charge on any atom is 0.407 e. The number of ketones is 1. The normalized spacial score (nSPS) is 34.8.